The highest BCUT2D eigenvalue weighted by atomic mass is 35.5. The van der Waals surface area contributed by atoms with Crippen LogP contribution in [-0.2, 0) is 4.79 Å². The van der Waals surface area contributed by atoms with Crippen molar-refractivity contribution < 1.29 is 9.59 Å². The normalized spacial score (nSPS) is 15.9. The van der Waals surface area contributed by atoms with Crippen LogP contribution in [0.15, 0.2) is 53.7 Å². The van der Waals surface area contributed by atoms with Crippen LogP contribution in [0.2, 0.25) is 5.02 Å². The summed E-state index contributed by atoms with van der Waals surface area (Å²) in [6, 6.07) is 9.94. The van der Waals surface area contributed by atoms with Crippen LogP contribution in [0.3, 0.4) is 0 Å². The molecule has 0 aliphatic carbocycles. The van der Waals surface area contributed by atoms with Crippen LogP contribution in [0, 0.1) is 0 Å². The van der Waals surface area contributed by atoms with Crippen molar-refractivity contribution in [3.05, 3.63) is 69.8 Å². The van der Waals surface area contributed by atoms with E-state index in [0.717, 1.165) is 22.3 Å². The molecule has 0 saturated carbocycles. The number of nitrogens with one attached hydrogen (secondary N) is 1. The van der Waals surface area contributed by atoms with Gasteiger partial charge in [0.25, 0.3) is 11.8 Å². The molecule has 1 aromatic carbocycles. The van der Waals surface area contributed by atoms with Gasteiger partial charge in [-0.1, -0.05) is 29.4 Å². The molecule has 0 atom stereocenters. The number of carbonyl (C=O) groups is 2. The maximum Gasteiger partial charge on any atom is 0.285 e. The van der Waals surface area contributed by atoms with E-state index in [1.807, 2.05) is 6.07 Å². The number of pyridine rings is 1. The highest BCUT2D eigenvalue weighted by Crippen LogP contribution is 2.31. The van der Waals surface area contributed by atoms with Gasteiger partial charge in [0.2, 0.25) is 0 Å². The first kappa shape index (κ1) is 16.6. The molecule has 1 aliphatic rings. The summed E-state index contributed by atoms with van der Waals surface area (Å²) in [7, 11) is 0. The Labute approximate surface area is 152 Å². The number of hydrogen-bond acceptors (Lipinski definition) is 5. The van der Waals surface area contributed by atoms with E-state index in [1.54, 1.807) is 48.8 Å². The molecule has 2 amide bonds. The van der Waals surface area contributed by atoms with E-state index < -0.39 is 5.91 Å². The third-order valence-corrected chi connectivity index (χ3v) is 4.65. The Bertz CT molecular complexity index is 838. The average Bonchev–Trinajstić information content (AvgIpc) is 2.84. The Morgan fingerprint density at radius 1 is 1.29 bits per heavy atom. The van der Waals surface area contributed by atoms with Crippen molar-refractivity contribution in [1.29, 1.82) is 0 Å². The first-order chi connectivity index (χ1) is 11.5. The summed E-state index contributed by atoms with van der Waals surface area (Å²) in [6.45, 7) is 0. The van der Waals surface area contributed by atoms with Crippen LogP contribution in [-0.4, -0.2) is 26.1 Å². The van der Waals surface area contributed by atoms with Crippen LogP contribution >= 0.6 is 35.6 Å². The molecule has 0 unspecified atom stereocenters. The van der Waals surface area contributed by atoms with Crippen molar-refractivity contribution in [3.63, 3.8) is 0 Å². The highest BCUT2D eigenvalue weighted by molar-refractivity contribution is 8.26. The van der Waals surface area contributed by atoms with Gasteiger partial charge >= 0.3 is 0 Å². The van der Waals surface area contributed by atoms with E-state index in [4.69, 9.17) is 23.8 Å². The van der Waals surface area contributed by atoms with Crippen molar-refractivity contribution in [2.24, 2.45) is 0 Å². The number of thioether (sulfide) groups is 1. The van der Waals surface area contributed by atoms with Gasteiger partial charge in [0.15, 0.2) is 4.32 Å². The Kier molecular flexibility index (Phi) is 4.94. The molecule has 1 saturated heterocycles. The van der Waals surface area contributed by atoms with Crippen molar-refractivity contribution >= 4 is 57.8 Å². The second-order valence-corrected chi connectivity index (χ2v) is 6.86. The molecule has 0 bridgehead atoms. The first-order valence-corrected chi connectivity index (χ1v) is 8.39. The summed E-state index contributed by atoms with van der Waals surface area (Å²) in [5.41, 5.74) is 3.67. The highest BCUT2D eigenvalue weighted by Gasteiger charge is 2.33. The Hall–Kier alpha value is -2.22. The molecule has 5 nitrogen and oxygen atoms in total. The zero-order valence-corrected chi connectivity index (χ0v) is 14.5. The summed E-state index contributed by atoms with van der Waals surface area (Å²) < 4.78 is 0.262. The maximum absolute atomic E-state index is 12.4. The second-order valence-electron chi connectivity index (χ2n) is 4.75. The van der Waals surface area contributed by atoms with Crippen molar-refractivity contribution in [1.82, 2.24) is 15.4 Å². The number of nitrogens with zero attached hydrogens (tertiary/aromatic N) is 2. The molecule has 8 heteroatoms. The van der Waals surface area contributed by atoms with E-state index in [1.165, 1.54) is 0 Å². The maximum atomic E-state index is 12.4. The first-order valence-electron chi connectivity index (χ1n) is 6.79. The molecule has 2 heterocycles. The van der Waals surface area contributed by atoms with Gasteiger partial charge in [0.1, 0.15) is 0 Å². The minimum atomic E-state index is -0.439. The van der Waals surface area contributed by atoms with E-state index in [0.29, 0.717) is 15.5 Å². The standard InChI is InChI=1S/C16H10ClN3O2S2/c17-12-5-3-11(4-6-12)14(21)19-20-15(22)13(24-16(20)23)8-10-2-1-7-18-9-10/h1-9H,(H,19,21). The predicted molar refractivity (Wildman–Crippen MR) is 98.2 cm³/mol. The van der Waals surface area contributed by atoms with Crippen LogP contribution < -0.4 is 5.43 Å². The Morgan fingerprint density at radius 3 is 2.71 bits per heavy atom. The molecule has 1 fully saturated rings. The van der Waals surface area contributed by atoms with Gasteiger partial charge in [0.05, 0.1) is 4.91 Å². The molecule has 1 aromatic heterocycles. The van der Waals surface area contributed by atoms with Crippen LogP contribution in [0.4, 0.5) is 0 Å². The lowest BCUT2D eigenvalue weighted by molar-refractivity contribution is -0.123. The Morgan fingerprint density at radius 2 is 2.04 bits per heavy atom. The van der Waals surface area contributed by atoms with Crippen molar-refractivity contribution in [3.8, 4) is 0 Å². The van der Waals surface area contributed by atoms with Crippen LogP contribution in [0.5, 0.6) is 0 Å². The fourth-order valence-corrected chi connectivity index (χ4v) is 3.25. The number of thiocarbonyl (C=S) groups is 1. The molecular formula is C16H10ClN3O2S2. The Balaban J connectivity index is 1.76. The van der Waals surface area contributed by atoms with Gasteiger partial charge in [-0.05, 0) is 54.2 Å². The SMILES string of the molecule is O=C(NN1C(=O)C(=Cc2cccnc2)SC1=S)c1ccc(Cl)cc1. The van der Waals surface area contributed by atoms with E-state index in [-0.39, 0.29) is 10.2 Å². The number of aromatic nitrogens is 1. The van der Waals surface area contributed by atoms with E-state index in [9.17, 15) is 9.59 Å². The van der Waals surface area contributed by atoms with Crippen LogP contribution in [0.25, 0.3) is 6.08 Å². The molecular weight excluding hydrogens is 366 g/mol. The van der Waals surface area contributed by atoms with Gasteiger partial charge in [-0.25, -0.2) is 0 Å². The van der Waals surface area contributed by atoms with Gasteiger partial charge in [-0.15, -0.1) is 0 Å². The van der Waals surface area contributed by atoms with Gasteiger partial charge in [-0.3, -0.25) is 20.0 Å². The fraction of sp³-hybridized carbons (Fsp3) is 0. The molecule has 2 aromatic rings. The quantitative estimate of drug-likeness (QED) is 0.659. The number of benzene rings is 1. The van der Waals surface area contributed by atoms with E-state index in [2.05, 4.69) is 10.4 Å². The molecule has 1 N–H and O–H groups in total. The number of carbonyl (C=O) groups excluding carboxylic acids is 2. The number of hydrogen-bond donors (Lipinski definition) is 1. The monoisotopic (exact) mass is 375 g/mol. The fourth-order valence-electron chi connectivity index (χ4n) is 1.94. The zero-order chi connectivity index (χ0) is 17.1. The van der Waals surface area contributed by atoms with Crippen molar-refractivity contribution in [2.45, 2.75) is 0 Å². The van der Waals surface area contributed by atoms with Gasteiger partial charge < -0.3 is 0 Å². The van der Waals surface area contributed by atoms with Crippen molar-refractivity contribution in [2.75, 3.05) is 0 Å². The van der Waals surface area contributed by atoms with Gasteiger partial charge in [0, 0.05) is 23.0 Å². The predicted octanol–water partition coefficient (Wildman–Crippen LogP) is 3.28. The number of amides is 2. The lowest BCUT2D eigenvalue weighted by Gasteiger charge is -2.15. The lowest BCUT2D eigenvalue weighted by atomic mass is 10.2. The molecule has 0 radical (unpaired) electrons. The molecule has 3 rings (SSSR count). The summed E-state index contributed by atoms with van der Waals surface area (Å²) in [6.07, 6.45) is 4.97. The van der Waals surface area contributed by atoms with Crippen LogP contribution in [0.1, 0.15) is 15.9 Å². The molecule has 24 heavy (non-hydrogen) atoms. The summed E-state index contributed by atoms with van der Waals surface area (Å²) in [5, 5.41) is 1.59. The summed E-state index contributed by atoms with van der Waals surface area (Å²) in [5.74, 6) is -0.818. The van der Waals surface area contributed by atoms with E-state index >= 15 is 0 Å². The molecule has 120 valence electrons. The van der Waals surface area contributed by atoms with Gasteiger partial charge in [-0.2, -0.15) is 5.01 Å². The third-order valence-electron chi connectivity index (χ3n) is 3.10. The minimum Gasteiger partial charge on any atom is -0.267 e. The summed E-state index contributed by atoms with van der Waals surface area (Å²) >= 11 is 12.1. The summed E-state index contributed by atoms with van der Waals surface area (Å²) in [4.78, 5) is 29.1. The number of rotatable bonds is 3. The molecule has 1 aliphatic heterocycles. The molecule has 0 spiro atoms. The number of halogens is 1. The third kappa shape index (κ3) is 3.64. The second kappa shape index (κ2) is 7.12. The average molecular weight is 376 g/mol. The zero-order valence-electron chi connectivity index (χ0n) is 12.1. The minimum absolute atomic E-state index is 0.262. The number of hydrazine groups is 1. The smallest absolute Gasteiger partial charge is 0.267 e. The lowest BCUT2D eigenvalue weighted by Crippen LogP contribution is -2.44. The largest absolute Gasteiger partial charge is 0.285 e. The topological polar surface area (TPSA) is 62.3 Å².